The van der Waals surface area contributed by atoms with Crippen LogP contribution in [0.1, 0.15) is 58.3 Å². The minimum absolute atomic E-state index is 0.0397. The Labute approximate surface area is 119 Å². The lowest BCUT2D eigenvalue weighted by Gasteiger charge is -2.20. The zero-order valence-corrected chi connectivity index (χ0v) is 14.0. The summed E-state index contributed by atoms with van der Waals surface area (Å²) < 4.78 is 5.79. The van der Waals surface area contributed by atoms with E-state index in [1.54, 1.807) is 0 Å². The SMILES string of the molecule is CCCCCCCCCC(O[Si](C)C)C(Cl)Cl. The Morgan fingerprint density at radius 1 is 0.941 bits per heavy atom. The lowest BCUT2D eigenvalue weighted by molar-refractivity contribution is 0.203. The molecule has 0 spiro atoms. The Morgan fingerprint density at radius 3 is 1.94 bits per heavy atom. The smallest absolute Gasteiger partial charge is 0.205 e. The molecule has 0 aliphatic heterocycles. The van der Waals surface area contributed by atoms with E-state index in [1.807, 2.05) is 0 Å². The predicted octanol–water partition coefficient (Wildman–Crippen LogP) is 5.57. The molecule has 17 heavy (non-hydrogen) atoms. The van der Waals surface area contributed by atoms with Gasteiger partial charge in [0, 0.05) is 0 Å². The van der Waals surface area contributed by atoms with E-state index >= 15 is 0 Å². The van der Waals surface area contributed by atoms with Crippen molar-refractivity contribution in [2.75, 3.05) is 0 Å². The number of rotatable bonds is 11. The van der Waals surface area contributed by atoms with Crippen molar-refractivity contribution in [2.24, 2.45) is 0 Å². The molecule has 1 atom stereocenters. The van der Waals surface area contributed by atoms with Crippen LogP contribution in [0.25, 0.3) is 0 Å². The molecule has 0 saturated carbocycles. The Morgan fingerprint density at radius 2 is 1.47 bits per heavy atom. The molecule has 0 saturated heterocycles. The number of alkyl halides is 2. The molecule has 0 fully saturated rings. The van der Waals surface area contributed by atoms with Crippen LogP contribution in [-0.4, -0.2) is 20.0 Å². The maximum Gasteiger partial charge on any atom is 0.205 e. The molecule has 0 bridgehead atoms. The van der Waals surface area contributed by atoms with Crippen LogP contribution >= 0.6 is 23.2 Å². The van der Waals surface area contributed by atoms with Crippen molar-refractivity contribution in [2.45, 2.75) is 82.3 Å². The highest BCUT2D eigenvalue weighted by Crippen LogP contribution is 2.19. The second-order valence-electron chi connectivity index (χ2n) is 4.81. The average Bonchev–Trinajstić information content (AvgIpc) is 2.25. The van der Waals surface area contributed by atoms with Gasteiger partial charge >= 0.3 is 0 Å². The van der Waals surface area contributed by atoms with E-state index in [0.29, 0.717) is 0 Å². The van der Waals surface area contributed by atoms with Crippen LogP contribution in [0, 0.1) is 0 Å². The van der Waals surface area contributed by atoms with Crippen molar-refractivity contribution in [3.05, 3.63) is 0 Å². The summed E-state index contributed by atoms with van der Waals surface area (Å²) in [4.78, 5) is -0.380. The van der Waals surface area contributed by atoms with Crippen molar-refractivity contribution in [1.82, 2.24) is 0 Å². The van der Waals surface area contributed by atoms with Gasteiger partial charge in [0.1, 0.15) is 4.84 Å². The molecule has 0 heterocycles. The number of hydrogen-bond acceptors (Lipinski definition) is 1. The van der Waals surface area contributed by atoms with Crippen LogP contribution < -0.4 is 0 Å². The van der Waals surface area contributed by atoms with Crippen molar-refractivity contribution in [3.63, 3.8) is 0 Å². The zero-order valence-electron chi connectivity index (χ0n) is 11.5. The molecule has 0 aliphatic carbocycles. The highest BCUT2D eigenvalue weighted by Gasteiger charge is 2.18. The largest absolute Gasteiger partial charge is 0.412 e. The van der Waals surface area contributed by atoms with Gasteiger partial charge in [0.15, 0.2) is 0 Å². The summed E-state index contributed by atoms with van der Waals surface area (Å²) >= 11 is 11.9. The molecule has 4 heteroatoms. The fourth-order valence-electron chi connectivity index (χ4n) is 1.84. The number of hydrogen-bond donors (Lipinski definition) is 0. The van der Waals surface area contributed by atoms with E-state index in [2.05, 4.69) is 20.0 Å². The van der Waals surface area contributed by atoms with E-state index in [9.17, 15) is 0 Å². The molecule has 0 aromatic heterocycles. The van der Waals surface area contributed by atoms with Crippen molar-refractivity contribution in [1.29, 1.82) is 0 Å². The van der Waals surface area contributed by atoms with Gasteiger partial charge in [-0.05, 0) is 19.5 Å². The first kappa shape index (κ1) is 17.8. The third-order valence-electron chi connectivity index (χ3n) is 2.76. The summed E-state index contributed by atoms with van der Waals surface area (Å²) in [5.74, 6) is 0. The molecular formula is C13H27Cl2OSi. The van der Waals surface area contributed by atoms with Gasteiger partial charge in [0.25, 0.3) is 0 Å². The van der Waals surface area contributed by atoms with E-state index in [-0.39, 0.29) is 10.9 Å². The van der Waals surface area contributed by atoms with Crippen LogP contribution in [0.5, 0.6) is 0 Å². The standard InChI is InChI=1S/C13H27Cl2OSi/c1-4-5-6-7-8-9-10-11-12(13(14)15)16-17(2)3/h12-13H,4-11H2,1-3H3. The Kier molecular flexibility index (Phi) is 12.4. The van der Waals surface area contributed by atoms with E-state index in [1.165, 1.54) is 44.9 Å². The Bertz CT molecular complexity index is 165. The first-order valence-corrected chi connectivity index (χ1v) is 10.1. The Hall–Kier alpha value is 0.757. The van der Waals surface area contributed by atoms with Crippen LogP contribution in [0.2, 0.25) is 13.1 Å². The molecule has 1 nitrogen and oxygen atoms in total. The third-order valence-corrected chi connectivity index (χ3v) is 4.10. The van der Waals surface area contributed by atoms with E-state index in [4.69, 9.17) is 27.6 Å². The highest BCUT2D eigenvalue weighted by atomic mass is 35.5. The maximum atomic E-state index is 5.93. The number of halogens is 2. The fraction of sp³-hybridized carbons (Fsp3) is 1.00. The molecule has 0 amide bonds. The fourth-order valence-corrected chi connectivity index (χ4v) is 3.23. The second-order valence-corrected chi connectivity index (χ2v) is 8.02. The molecule has 0 aromatic rings. The van der Waals surface area contributed by atoms with Crippen molar-refractivity contribution < 1.29 is 4.43 Å². The van der Waals surface area contributed by atoms with Crippen LogP contribution in [0.3, 0.4) is 0 Å². The van der Waals surface area contributed by atoms with Crippen LogP contribution in [0.15, 0.2) is 0 Å². The van der Waals surface area contributed by atoms with E-state index < -0.39 is 9.04 Å². The number of unbranched alkanes of at least 4 members (excludes halogenated alkanes) is 6. The minimum Gasteiger partial charge on any atom is -0.412 e. The third kappa shape index (κ3) is 11.6. The van der Waals surface area contributed by atoms with Gasteiger partial charge in [-0.3, -0.25) is 0 Å². The van der Waals surface area contributed by atoms with Gasteiger partial charge in [-0.2, -0.15) is 0 Å². The lowest BCUT2D eigenvalue weighted by Crippen LogP contribution is -2.26. The molecule has 0 aromatic carbocycles. The molecule has 0 aliphatic rings. The molecule has 1 unspecified atom stereocenters. The lowest BCUT2D eigenvalue weighted by atomic mass is 10.1. The van der Waals surface area contributed by atoms with E-state index in [0.717, 1.165) is 6.42 Å². The van der Waals surface area contributed by atoms with Gasteiger partial charge in [-0.25, -0.2) is 0 Å². The molecule has 103 valence electrons. The topological polar surface area (TPSA) is 9.23 Å². The zero-order chi connectivity index (χ0) is 13.1. The summed E-state index contributed by atoms with van der Waals surface area (Å²) in [5, 5.41) is 0. The van der Waals surface area contributed by atoms with Gasteiger partial charge in [-0.1, -0.05) is 51.9 Å². The monoisotopic (exact) mass is 297 g/mol. The van der Waals surface area contributed by atoms with Crippen LogP contribution in [-0.2, 0) is 4.43 Å². The van der Waals surface area contributed by atoms with Crippen LogP contribution in [0.4, 0.5) is 0 Å². The maximum absolute atomic E-state index is 5.93. The summed E-state index contributed by atoms with van der Waals surface area (Å²) in [6.07, 6.45) is 10.3. The van der Waals surface area contributed by atoms with Gasteiger partial charge in [0.2, 0.25) is 9.04 Å². The highest BCUT2D eigenvalue weighted by molar-refractivity contribution is 6.49. The molecule has 1 radical (unpaired) electrons. The first-order chi connectivity index (χ1) is 8.07. The minimum atomic E-state index is -0.701. The average molecular weight is 298 g/mol. The van der Waals surface area contributed by atoms with Gasteiger partial charge in [0.05, 0.1) is 6.10 Å². The second kappa shape index (κ2) is 11.8. The van der Waals surface area contributed by atoms with Crippen molar-refractivity contribution in [3.8, 4) is 0 Å². The normalized spacial score (nSPS) is 13.6. The molecule has 0 rings (SSSR count). The first-order valence-electron chi connectivity index (χ1n) is 6.82. The Balaban J connectivity index is 3.48. The van der Waals surface area contributed by atoms with Gasteiger partial charge < -0.3 is 4.43 Å². The summed E-state index contributed by atoms with van der Waals surface area (Å²) in [5.41, 5.74) is 0. The summed E-state index contributed by atoms with van der Waals surface area (Å²) in [7, 11) is -0.701. The quantitative estimate of drug-likeness (QED) is 0.275. The van der Waals surface area contributed by atoms with Gasteiger partial charge in [-0.15, -0.1) is 23.2 Å². The molecular weight excluding hydrogens is 271 g/mol. The summed E-state index contributed by atoms with van der Waals surface area (Å²) in [6.45, 7) is 6.49. The summed E-state index contributed by atoms with van der Waals surface area (Å²) in [6, 6.07) is 0. The van der Waals surface area contributed by atoms with Crippen molar-refractivity contribution >= 4 is 32.2 Å². The predicted molar refractivity (Wildman–Crippen MR) is 80.5 cm³/mol. The molecule has 0 N–H and O–H groups in total.